The first-order valence-corrected chi connectivity index (χ1v) is 8.86. The van der Waals surface area contributed by atoms with E-state index in [-0.39, 0.29) is 0 Å². The maximum atomic E-state index is 5.58. The Balaban J connectivity index is 0.000000162. The van der Waals surface area contributed by atoms with Gasteiger partial charge in [-0.1, -0.05) is 36.4 Å². The Labute approximate surface area is 165 Å². The fraction of sp³-hybridized carbons (Fsp3) is 0. The number of hydrogen-bond donors (Lipinski definition) is 2. The second kappa shape index (κ2) is 9.69. The lowest BCUT2D eigenvalue weighted by atomic mass is 10.3. The predicted molar refractivity (Wildman–Crippen MR) is 115 cm³/mol. The van der Waals surface area contributed by atoms with E-state index in [0.717, 1.165) is 34.4 Å². The molecule has 0 radical (unpaired) electrons. The highest BCUT2D eigenvalue weighted by Crippen LogP contribution is 2.23. The quantitative estimate of drug-likeness (QED) is 0.424. The van der Waals surface area contributed by atoms with Crippen LogP contribution in [0.25, 0.3) is 0 Å². The summed E-state index contributed by atoms with van der Waals surface area (Å²) < 4.78 is 11.2. The molecule has 0 aliphatic heterocycles. The Hall–Kier alpha value is -3.92. The van der Waals surface area contributed by atoms with Gasteiger partial charge >= 0.3 is 0 Å². The molecule has 4 aromatic rings. The van der Waals surface area contributed by atoms with Gasteiger partial charge in [-0.05, 0) is 72.8 Å². The van der Waals surface area contributed by atoms with Crippen LogP contribution in [-0.2, 0) is 0 Å². The van der Waals surface area contributed by atoms with Crippen molar-refractivity contribution < 1.29 is 9.47 Å². The zero-order valence-electron chi connectivity index (χ0n) is 15.4. The average molecular weight is 370 g/mol. The monoisotopic (exact) mass is 370 g/mol. The fourth-order valence-electron chi connectivity index (χ4n) is 2.32. The van der Waals surface area contributed by atoms with Gasteiger partial charge < -0.3 is 20.9 Å². The van der Waals surface area contributed by atoms with Gasteiger partial charge in [0.05, 0.1) is 0 Å². The van der Waals surface area contributed by atoms with Crippen LogP contribution < -0.4 is 20.9 Å². The smallest absolute Gasteiger partial charge is 0.127 e. The van der Waals surface area contributed by atoms with Crippen molar-refractivity contribution >= 4 is 11.4 Å². The average Bonchev–Trinajstić information content (AvgIpc) is 2.73. The molecule has 0 unspecified atom stereocenters. The minimum absolute atomic E-state index is 0.722. The van der Waals surface area contributed by atoms with Crippen LogP contribution in [0.1, 0.15) is 0 Å². The van der Waals surface area contributed by atoms with Crippen molar-refractivity contribution in [3.05, 3.63) is 109 Å². The highest BCUT2D eigenvalue weighted by Gasteiger charge is 1.96. The zero-order chi connectivity index (χ0) is 19.6. The van der Waals surface area contributed by atoms with Crippen molar-refractivity contribution in [1.82, 2.24) is 0 Å². The van der Waals surface area contributed by atoms with Crippen molar-refractivity contribution in [2.45, 2.75) is 0 Å². The Morgan fingerprint density at radius 3 is 0.964 bits per heavy atom. The number of benzene rings is 4. The third kappa shape index (κ3) is 6.11. The third-order valence-corrected chi connectivity index (χ3v) is 3.72. The molecule has 0 saturated heterocycles. The number of anilines is 2. The number of para-hydroxylation sites is 2. The van der Waals surface area contributed by atoms with Gasteiger partial charge in [-0.25, -0.2) is 0 Å². The van der Waals surface area contributed by atoms with E-state index in [0.29, 0.717) is 0 Å². The lowest BCUT2D eigenvalue weighted by Crippen LogP contribution is -1.87. The Morgan fingerprint density at radius 2 is 0.643 bits per heavy atom. The minimum atomic E-state index is 0.722. The maximum absolute atomic E-state index is 5.58. The highest BCUT2D eigenvalue weighted by atomic mass is 16.5. The van der Waals surface area contributed by atoms with E-state index in [9.17, 15) is 0 Å². The SMILES string of the molecule is Nc1ccc(Oc2ccc(N)cc2)cc1.c1ccc(Oc2ccccc2)cc1. The molecule has 0 aliphatic rings. The van der Waals surface area contributed by atoms with Gasteiger partial charge in [0.25, 0.3) is 0 Å². The van der Waals surface area contributed by atoms with Crippen LogP contribution in [-0.4, -0.2) is 0 Å². The van der Waals surface area contributed by atoms with Crippen LogP contribution in [0.3, 0.4) is 0 Å². The van der Waals surface area contributed by atoms with Gasteiger partial charge in [0.2, 0.25) is 0 Å². The molecule has 4 rings (SSSR count). The summed E-state index contributed by atoms with van der Waals surface area (Å²) >= 11 is 0. The molecule has 0 bridgehead atoms. The summed E-state index contributed by atoms with van der Waals surface area (Å²) in [5.41, 5.74) is 12.6. The van der Waals surface area contributed by atoms with Crippen molar-refractivity contribution in [3.63, 3.8) is 0 Å². The normalized spacial score (nSPS) is 9.71. The molecular weight excluding hydrogens is 348 g/mol. The maximum Gasteiger partial charge on any atom is 0.127 e. The summed E-state index contributed by atoms with van der Waals surface area (Å²) in [5, 5.41) is 0. The number of rotatable bonds is 4. The molecule has 28 heavy (non-hydrogen) atoms. The van der Waals surface area contributed by atoms with Crippen molar-refractivity contribution in [3.8, 4) is 23.0 Å². The second-order valence-corrected chi connectivity index (χ2v) is 5.97. The predicted octanol–water partition coefficient (Wildman–Crippen LogP) is 6.12. The molecule has 140 valence electrons. The first kappa shape index (κ1) is 18.9. The largest absolute Gasteiger partial charge is 0.457 e. The fourth-order valence-corrected chi connectivity index (χ4v) is 2.32. The van der Waals surface area contributed by atoms with Crippen LogP contribution in [0.15, 0.2) is 109 Å². The minimum Gasteiger partial charge on any atom is -0.457 e. The van der Waals surface area contributed by atoms with Crippen molar-refractivity contribution in [2.24, 2.45) is 0 Å². The molecule has 0 fully saturated rings. The summed E-state index contributed by atoms with van der Waals surface area (Å²) in [6.07, 6.45) is 0. The summed E-state index contributed by atoms with van der Waals surface area (Å²) in [6, 6.07) is 34.0. The van der Waals surface area contributed by atoms with E-state index >= 15 is 0 Å². The van der Waals surface area contributed by atoms with Crippen LogP contribution in [0.5, 0.6) is 23.0 Å². The Morgan fingerprint density at radius 1 is 0.357 bits per heavy atom. The number of hydrogen-bond acceptors (Lipinski definition) is 4. The number of nitrogens with two attached hydrogens (primary N) is 2. The number of nitrogen functional groups attached to an aromatic ring is 2. The molecular formula is C24H22N2O2. The van der Waals surface area contributed by atoms with Crippen molar-refractivity contribution in [2.75, 3.05) is 11.5 Å². The van der Waals surface area contributed by atoms with Crippen molar-refractivity contribution in [1.29, 1.82) is 0 Å². The van der Waals surface area contributed by atoms with Crippen LogP contribution in [0.2, 0.25) is 0 Å². The van der Waals surface area contributed by atoms with Gasteiger partial charge in [0.15, 0.2) is 0 Å². The molecule has 0 aliphatic carbocycles. The Kier molecular flexibility index (Phi) is 6.53. The lowest BCUT2D eigenvalue weighted by molar-refractivity contribution is 0.482. The third-order valence-electron chi connectivity index (χ3n) is 3.72. The summed E-state index contributed by atoms with van der Waals surface area (Å²) in [5.74, 6) is 3.25. The molecule has 4 nitrogen and oxygen atoms in total. The van der Waals surface area contributed by atoms with Gasteiger partial charge in [-0.15, -0.1) is 0 Å². The molecule has 0 saturated carbocycles. The van der Waals surface area contributed by atoms with Gasteiger partial charge in [-0.2, -0.15) is 0 Å². The second-order valence-electron chi connectivity index (χ2n) is 5.97. The molecule has 0 amide bonds. The molecule has 0 spiro atoms. The van der Waals surface area contributed by atoms with Crippen LogP contribution in [0.4, 0.5) is 11.4 Å². The van der Waals surface area contributed by atoms with Gasteiger partial charge in [0, 0.05) is 11.4 Å². The van der Waals surface area contributed by atoms with Gasteiger partial charge in [-0.3, -0.25) is 0 Å². The summed E-state index contributed by atoms with van der Waals surface area (Å²) in [6.45, 7) is 0. The first-order chi connectivity index (χ1) is 13.7. The molecule has 0 atom stereocenters. The van der Waals surface area contributed by atoms with E-state index in [1.807, 2.05) is 84.9 Å². The molecule has 4 heteroatoms. The van der Waals surface area contributed by atoms with E-state index in [2.05, 4.69) is 0 Å². The molecule has 4 aromatic carbocycles. The van der Waals surface area contributed by atoms with E-state index < -0.39 is 0 Å². The standard InChI is InChI=1S/C12H12N2O.C12H10O/c13-9-1-5-11(6-2-9)15-12-7-3-10(14)4-8-12;1-3-7-11(8-4-1)13-12-9-5-2-6-10-12/h1-8H,13-14H2;1-10H. The highest BCUT2D eigenvalue weighted by molar-refractivity contribution is 5.45. The Bertz CT molecular complexity index is 874. The van der Waals surface area contributed by atoms with E-state index in [4.69, 9.17) is 20.9 Å². The topological polar surface area (TPSA) is 70.5 Å². The summed E-state index contributed by atoms with van der Waals surface area (Å²) in [4.78, 5) is 0. The molecule has 0 heterocycles. The van der Waals surface area contributed by atoms with Gasteiger partial charge in [0.1, 0.15) is 23.0 Å². The first-order valence-electron chi connectivity index (χ1n) is 8.86. The van der Waals surface area contributed by atoms with Crippen LogP contribution >= 0.6 is 0 Å². The molecule has 0 aromatic heterocycles. The number of ether oxygens (including phenoxy) is 2. The van der Waals surface area contributed by atoms with E-state index in [1.165, 1.54) is 0 Å². The van der Waals surface area contributed by atoms with E-state index in [1.54, 1.807) is 24.3 Å². The zero-order valence-corrected chi connectivity index (χ0v) is 15.4. The van der Waals surface area contributed by atoms with Crippen LogP contribution in [0, 0.1) is 0 Å². The summed E-state index contributed by atoms with van der Waals surface area (Å²) in [7, 11) is 0. The molecule has 4 N–H and O–H groups in total. The lowest BCUT2D eigenvalue weighted by Gasteiger charge is -2.05.